The number of amides is 2. The number of carbonyl (C=O) groups is 2. The summed E-state index contributed by atoms with van der Waals surface area (Å²) in [5.41, 5.74) is 10.3. The van der Waals surface area contributed by atoms with Crippen molar-refractivity contribution in [3.63, 3.8) is 0 Å². The van der Waals surface area contributed by atoms with Gasteiger partial charge in [-0.05, 0) is 28.3 Å². The minimum Gasteiger partial charge on any atom is -0.384 e. The molecule has 8 aromatic rings. The molecule has 0 unspecified atom stereocenters. The van der Waals surface area contributed by atoms with Crippen LogP contribution in [0, 0.1) is 0 Å². The van der Waals surface area contributed by atoms with Crippen molar-refractivity contribution in [2.45, 2.75) is 88.5 Å². The normalized spacial score (nSPS) is 9.01. The van der Waals surface area contributed by atoms with Crippen molar-refractivity contribution in [3.8, 4) is 0 Å². The van der Waals surface area contributed by atoms with Gasteiger partial charge in [-0.3, -0.25) is 9.59 Å². The van der Waals surface area contributed by atoms with E-state index in [-0.39, 0.29) is 5.91 Å². The number of anilines is 7. The molecule has 0 bridgehead atoms. The summed E-state index contributed by atoms with van der Waals surface area (Å²) < 4.78 is 0. The van der Waals surface area contributed by atoms with Crippen LogP contribution in [0.15, 0.2) is 177 Å². The molecular weight excluding hydrogens is 903 g/mol. The van der Waals surface area contributed by atoms with E-state index in [4.69, 9.17) is 5.73 Å². The van der Waals surface area contributed by atoms with E-state index in [2.05, 4.69) is 96.0 Å². The van der Waals surface area contributed by atoms with Crippen molar-refractivity contribution in [1.82, 2.24) is 39.9 Å². The number of hydrogen-bond donors (Lipinski definition) is 7. The molecule has 17 heteroatoms. The number of hydrogen-bond acceptors (Lipinski definition) is 15. The molecule has 0 saturated heterocycles. The third kappa shape index (κ3) is 28.5. The summed E-state index contributed by atoms with van der Waals surface area (Å²) in [4.78, 5) is 53.0. The van der Waals surface area contributed by atoms with Crippen LogP contribution in [0.4, 0.5) is 40.7 Å². The average molecular weight is 976 g/mol. The molecule has 8 N–H and O–H groups in total. The van der Waals surface area contributed by atoms with Crippen molar-refractivity contribution < 1.29 is 9.59 Å². The largest absolute Gasteiger partial charge is 0.384 e. The van der Waals surface area contributed by atoms with E-state index in [1.54, 1.807) is 24.4 Å². The Morgan fingerprint density at radius 1 is 0.431 bits per heavy atom. The van der Waals surface area contributed by atoms with Gasteiger partial charge in [0, 0.05) is 57.5 Å². The van der Waals surface area contributed by atoms with Gasteiger partial charge in [0.2, 0.25) is 12.3 Å². The average Bonchev–Trinajstić information content (AvgIpc) is 3.45. The van der Waals surface area contributed by atoms with E-state index in [0.29, 0.717) is 48.6 Å². The zero-order valence-electron chi connectivity index (χ0n) is 43.1. The van der Waals surface area contributed by atoms with Crippen molar-refractivity contribution in [3.05, 3.63) is 199 Å². The Morgan fingerprint density at radius 3 is 1.12 bits per heavy atom. The van der Waals surface area contributed by atoms with Crippen molar-refractivity contribution >= 4 is 53.0 Å². The smallest absolute Gasteiger partial charge is 0.222 e. The third-order valence-corrected chi connectivity index (χ3v) is 8.38. The maximum absolute atomic E-state index is 10.9. The molecule has 0 aliphatic rings. The quantitative estimate of drug-likeness (QED) is 0.0473. The third-order valence-electron chi connectivity index (χ3n) is 8.38. The summed E-state index contributed by atoms with van der Waals surface area (Å²) >= 11 is 0. The molecule has 8 rings (SSSR count). The predicted octanol–water partition coefficient (Wildman–Crippen LogP) is 11.6. The Kier molecular flexibility index (Phi) is 34.9. The fourth-order valence-electron chi connectivity index (χ4n) is 5.31. The molecule has 0 aliphatic carbocycles. The molecule has 380 valence electrons. The van der Waals surface area contributed by atoms with Gasteiger partial charge in [-0.1, -0.05) is 177 Å². The highest BCUT2D eigenvalue weighted by molar-refractivity contribution is 5.87. The number of nitrogen functional groups attached to an aromatic ring is 1. The van der Waals surface area contributed by atoms with Crippen molar-refractivity contribution in [2.24, 2.45) is 0 Å². The van der Waals surface area contributed by atoms with E-state index in [9.17, 15) is 9.59 Å². The van der Waals surface area contributed by atoms with Crippen molar-refractivity contribution in [1.29, 1.82) is 0 Å². The lowest BCUT2D eigenvalue weighted by molar-refractivity contribution is -0.114. The van der Waals surface area contributed by atoms with Crippen molar-refractivity contribution in [2.75, 3.05) is 37.6 Å². The Morgan fingerprint density at radius 2 is 0.764 bits per heavy atom. The van der Waals surface area contributed by atoms with Crippen LogP contribution < -0.4 is 37.6 Å². The zero-order chi connectivity index (χ0) is 52.9. The first-order chi connectivity index (χ1) is 35.4. The maximum atomic E-state index is 10.9. The summed E-state index contributed by atoms with van der Waals surface area (Å²) in [6, 6.07) is 47.3. The van der Waals surface area contributed by atoms with E-state index in [1.165, 1.54) is 43.4 Å². The first-order valence-corrected chi connectivity index (χ1v) is 24.0. The monoisotopic (exact) mass is 976 g/mol. The summed E-state index contributed by atoms with van der Waals surface area (Å²) in [5.74, 6) is 4.24. The van der Waals surface area contributed by atoms with Crippen LogP contribution >= 0.6 is 0 Å². The Labute approximate surface area is 426 Å². The van der Waals surface area contributed by atoms with Crippen LogP contribution in [0.5, 0.6) is 0 Å². The molecule has 4 aromatic heterocycles. The maximum Gasteiger partial charge on any atom is 0.222 e. The molecule has 4 aromatic carbocycles. The van der Waals surface area contributed by atoms with Gasteiger partial charge in [-0.25, -0.2) is 39.9 Å². The number of nitrogens with two attached hydrogens (primary N) is 1. The van der Waals surface area contributed by atoms with Gasteiger partial charge < -0.3 is 37.6 Å². The van der Waals surface area contributed by atoms with Crippen LogP contribution in [0.25, 0.3) is 0 Å². The second-order valence-corrected chi connectivity index (χ2v) is 13.3. The number of rotatable bonds is 15. The Balaban J connectivity index is 0.000000459. The minimum absolute atomic E-state index is 0.150. The minimum atomic E-state index is -0.150. The first kappa shape index (κ1) is 61.2. The highest BCUT2D eigenvalue weighted by atomic mass is 16.1. The fourth-order valence-corrected chi connectivity index (χ4v) is 5.31. The number of aromatic nitrogens is 8. The first-order valence-electron chi connectivity index (χ1n) is 24.0. The van der Waals surface area contributed by atoms with Crippen LogP contribution in [0.2, 0.25) is 0 Å². The summed E-state index contributed by atoms with van der Waals surface area (Å²) in [6.45, 7) is 20.3. The van der Waals surface area contributed by atoms with Gasteiger partial charge >= 0.3 is 0 Å². The van der Waals surface area contributed by atoms with E-state index in [1.807, 2.05) is 159 Å². The van der Waals surface area contributed by atoms with E-state index >= 15 is 0 Å². The SMILES string of the molecule is CC.CC.CC.CC.CC(=O)Nc1cc(NCc2ccccc2)ncn1.Nc1cc(NCc2ccccc2)ncn1.O=CNc1cc(NCc2ccccc2)ncn1.c1ccc(CNc2ccncn2)cc1. The molecule has 0 radical (unpaired) electrons. The number of nitrogens with zero attached hydrogens (tertiary/aromatic N) is 8. The lowest BCUT2D eigenvalue weighted by Gasteiger charge is -2.07. The molecule has 17 nitrogen and oxygen atoms in total. The number of benzene rings is 4. The standard InChI is InChI=1S/C13H14N4O.C12H12N4O.C11H12N4.C11H11N3.4C2H6/c1-10(18)17-13-7-12(15-9-16-13)14-8-11-5-3-2-4-6-11;17-9-16-12-6-11(14-8-15-12)13-7-10-4-2-1-3-5-10;12-10-6-11(15-8-14-10)13-7-9-4-2-1-3-5-9;1-2-4-10(5-3-1)8-13-11-6-7-12-9-14-11;4*1-2/h2-7,9H,8H2,1H3,(H2,14,15,16,17,18);1-6,8-9H,7H2,(H2,13,14,15,16,17);1-6,8H,7H2,(H3,12,13,14,15);1-7,9H,8H2,(H,12,13,14);4*1-2H3. The molecule has 0 fully saturated rings. The van der Waals surface area contributed by atoms with Gasteiger partial charge in [0.05, 0.1) is 0 Å². The van der Waals surface area contributed by atoms with Crippen LogP contribution in [0.3, 0.4) is 0 Å². The van der Waals surface area contributed by atoms with E-state index in [0.717, 1.165) is 35.9 Å². The van der Waals surface area contributed by atoms with Gasteiger partial charge in [-0.15, -0.1) is 0 Å². The Hall–Kier alpha value is -8.86. The molecule has 0 spiro atoms. The molecule has 0 saturated carbocycles. The molecule has 0 aliphatic heterocycles. The molecular formula is C55H73N15O2. The topological polar surface area (TPSA) is 235 Å². The van der Waals surface area contributed by atoms with Crippen LogP contribution in [-0.2, 0) is 35.8 Å². The molecule has 2 amide bonds. The molecule has 4 heterocycles. The lowest BCUT2D eigenvalue weighted by Crippen LogP contribution is -2.09. The number of nitrogens with one attached hydrogen (secondary N) is 6. The van der Waals surface area contributed by atoms with Gasteiger partial charge in [0.25, 0.3) is 0 Å². The van der Waals surface area contributed by atoms with Gasteiger partial charge in [0.1, 0.15) is 66.0 Å². The van der Waals surface area contributed by atoms with Gasteiger partial charge in [0.15, 0.2) is 0 Å². The highest BCUT2D eigenvalue weighted by Gasteiger charge is 2.01. The second-order valence-electron chi connectivity index (χ2n) is 13.3. The molecule has 72 heavy (non-hydrogen) atoms. The van der Waals surface area contributed by atoms with Crippen LogP contribution in [-0.4, -0.2) is 52.2 Å². The zero-order valence-corrected chi connectivity index (χ0v) is 43.1. The number of carbonyl (C=O) groups excluding carboxylic acids is 2. The van der Waals surface area contributed by atoms with E-state index < -0.39 is 0 Å². The predicted molar refractivity (Wildman–Crippen MR) is 297 cm³/mol. The summed E-state index contributed by atoms with van der Waals surface area (Å²) in [7, 11) is 0. The summed E-state index contributed by atoms with van der Waals surface area (Å²) in [6.07, 6.45) is 8.11. The summed E-state index contributed by atoms with van der Waals surface area (Å²) in [5, 5.41) is 17.8. The van der Waals surface area contributed by atoms with Crippen LogP contribution in [0.1, 0.15) is 84.6 Å². The highest BCUT2D eigenvalue weighted by Crippen LogP contribution is 2.12. The molecule has 0 atom stereocenters. The second kappa shape index (κ2) is 41.1. The lowest BCUT2D eigenvalue weighted by atomic mass is 10.2. The van der Waals surface area contributed by atoms with Gasteiger partial charge in [-0.2, -0.15) is 0 Å². The fraction of sp³-hybridized carbons (Fsp3) is 0.236. The Bertz CT molecular complexity index is 2490.